The van der Waals surface area contributed by atoms with Crippen molar-refractivity contribution in [2.45, 2.75) is 12.3 Å². The van der Waals surface area contributed by atoms with Gasteiger partial charge >= 0.3 is 0 Å². The molecule has 2 atom stereocenters. The molecular formula is C8H8N2O2. The molecule has 3 aliphatic rings. The third kappa shape index (κ3) is 0.587. The van der Waals surface area contributed by atoms with E-state index in [-0.39, 0.29) is 18.2 Å². The van der Waals surface area contributed by atoms with Crippen LogP contribution in [0.3, 0.4) is 0 Å². The number of nitrogens with zero attached hydrogens (tertiary/aromatic N) is 1. The maximum atomic E-state index is 11.2. The molecule has 2 unspecified atom stereocenters. The molecule has 12 heavy (non-hydrogen) atoms. The zero-order chi connectivity index (χ0) is 8.13. The normalized spacial score (nSPS) is 36.5. The zero-order valence-corrected chi connectivity index (χ0v) is 6.36. The highest BCUT2D eigenvalue weighted by molar-refractivity contribution is 5.83. The maximum Gasteiger partial charge on any atom is 0.271 e. The van der Waals surface area contributed by atoms with Crippen LogP contribution < -0.4 is 5.32 Å². The number of rotatable bonds is 0. The first kappa shape index (κ1) is 6.25. The van der Waals surface area contributed by atoms with E-state index in [2.05, 4.69) is 5.32 Å². The number of carbonyl (C=O) groups excluding carboxylic acids is 1. The second-order valence-corrected chi connectivity index (χ2v) is 3.05. The molecule has 2 saturated heterocycles. The lowest BCUT2D eigenvalue weighted by Crippen LogP contribution is -2.27. The predicted octanol–water partition coefficient (Wildman–Crippen LogP) is -0.446. The summed E-state index contributed by atoms with van der Waals surface area (Å²) in [6.07, 6.45) is 5.54. The number of allylic oxidation sites excluding steroid dienone is 2. The summed E-state index contributed by atoms with van der Waals surface area (Å²) in [4.78, 5) is 13.1. The van der Waals surface area contributed by atoms with Gasteiger partial charge in [-0.05, 0) is 12.2 Å². The van der Waals surface area contributed by atoms with Gasteiger partial charge in [0.15, 0.2) is 0 Å². The Morgan fingerprint density at radius 1 is 1.67 bits per heavy atom. The maximum absolute atomic E-state index is 11.2. The van der Waals surface area contributed by atoms with Crippen LogP contribution in [0.4, 0.5) is 0 Å². The standard InChI is InChI=1S/C8H8N2O2/c11-7-8-10(4-9-7)5-2-1-3-6(5)12-8/h1-3,6,8H,4H2,(H,9,11). The van der Waals surface area contributed by atoms with Gasteiger partial charge in [0, 0.05) is 0 Å². The summed E-state index contributed by atoms with van der Waals surface area (Å²) >= 11 is 0. The Hall–Kier alpha value is -1.29. The van der Waals surface area contributed by atoms with Crippen molar-refractivity contribution in [3.8, 4) is 0 Å². The summed E-state index contributed by atoms with van der Waals surface area (Å²) in [5.41, 5.74) is 1.10. The summed E-state index contributed by atoms with van der Waals surface area (Å²) < 4.78 is 5.48. The highest BCUT2D eigenvalue weighted by atomic mass is 16.5. The van der Waals surface area contributed by atoms with E-state index in [1.54, 1.807) is 0 Å². The SMILES string of the molecule is O=C1NCN2C3=CC=CC3OC12. The lowest BCUT2D eigenvalue weighted by molar-refractivity contribution is -0.130. The molecule has 0 bridgehead atoms. The lowest BCUT2D eigenvalue weighted by atomic mass is 10.3. The van der Waals surface area contributed by atoms with Crippen LogP contribution in [-0.2, 0) is 9.53 Å². The third-order valence-electron chi connectivity index (χ3n) is 2.38. The van der Waals surface area contributed by atoms with Crippen molar-refractivity contribution < 1.29 is 9.53 Å². The molecule has 3 rings (SSSR count). The van der Waals surface area contributed by atoms with Crippen LogP contribution in [0.2, 0.25) is 0 Å². The second kappa shape index (κ2) is 1.90. The molecule has 0 spiro atoms. The van der Waals surface area contributed by atoms with E-state index in [1.807, 2.05) is 23.1 Å². The van der Waals surface area contributed by atoms with Crippen LogP contribution in [0.1, 0.15) is 0 Å². The number of amides is 1. The molecular weight excluding hydrogens is 156 g/mol. The topological polar surface area (TPSA) is 41.6 Å². The molecule has 1 amide bonds. The average molecular weight is 164 g/mol. The minimum atomic E-state index is -0.383. The van der Waals surface area contributed by atoms with Gasteiger partial charge in [0.05, 0.1) is 12.4 Å². The van der Waals surface area contributed by atoms with Gasteiger partial charge in [0.2, 0.25) is 6.23 Å². The first-order valence-electron chi connectivity index (χ1n) is 3.94. The van der Waals surface area contributed by atoms with Gasteiger partial charge in [0.1, 0.15) is 6.10 Å². The van der Waals surface area contributed by atoms with Crippen LogP contribution in [0.15, 0.2) is 23.9 Å². The van der Waals surface area contributed by atoms with Gasteiger partial charge < -0.3 is 15.0 Å². The van der Waals surface area contributed by atoms with Gasteiger partial charge in [-0.1, -0.05) is 6.08 Å². The van der Waals surface area contributed by atoms with Crippen LogP contribution in [0.5, 0.6) is 0 Å². The summed E-state index contributed by atoms with van der Waals surface area (Å²) in [5, 5.41) is 2.73. The van der Waals surface area contributed by atoms with Crippen molar-refractivity contribution in [3.05, 3.63) is 23.9 Å². The smallest absolute Gasteiger partial charge is 0.271 e. The van der Waals surface area contributed by atoms with E-state index in [9.17, 15) is 4.79 Å². The van der Waals surface area contributed by atoms with E-state index >= 15 is 0 Å². The summed E-state index contributed by atoms with van der Waals surface area (Å²) in [7, 11) is 0. The number of carbonyl (C=O) groups is 1. The Kier molecular flexibility index (Phi) is 0.988. The van der Waals surface area contributed by atoms with Crippen LogP contribution in [0, 0.1) is 0 Å². The fourth-order valence-corrected chi connectivity index (χ4v) is 1.80. The first-order chi connectivity index (χ1) is 5.86. The van der Waals surface area contributed by atoms with E-state index in [4.69, 9.17) is 4.74 Å². The summed E-state index contributed by atoms with van der Waals surface area (Å²) in [6, 6.07) is 0. The Balaban J connectivity index is 1.98. The predicted molar refractivity (Wildman–Crippen MR) is 40.7 cm³/mol. The van der Waals surface area contributed by atoms with E-state index < -0.39 is 0 Å². The molecule has 4 nitrogen and oxygen atoms in total. The van der Waals surface area contributed by atoms with Gasteiger partial charge in [0.25, 0.3) is 5.91 Å². The molecule has 62 valence electrons. The molecule has 2 fully saturated rings. The number of hydrogen-bond acceptors (Lipinski definition) is 3. The average Bonchev–Trinajstić information content (AvgIpc) is 2.63. The monoisotopic (exact) mass is 164 g/mol. The molecule has 2 heterocycles. The van der Waals surface area contributed by atoms with E-state index in [0.717, 1.165) is 5.70 Å². The molecule has 2 aliphatic heterocycles. The zero-order valence-electron chi connectivity index (χ0n) is 6.36. The second-order valence-electron chi connectivity index (χ2n) is 3.05. The minimum absolute atomic E-state index is 0.0149. The van der Waals surface area contributed by atoms with Crippen LogP contribution in [-0.4, -0.2) is 29.8 Å². The van der Waals surface area contributed by atoms with Gasteiger partial charge in [-0.15, -0.1) is 0 Å². The number of ether oxygens (including phenoxy) is 1. The highest BCUT2D eigenvalue weighted by Gasteiger charge is 2.44. The van der Waals surface area contributed by atoms with Crippen molar-refractivity contribution in [2.24, 2.45) is 0 Å². The Labute approximate surface area is 69.5 Å². The minimum Gasteiger partial charge on any atom is -0.335 e. The quantitative estimate of drug-likeness (QED) is 0.527. The Morgan fingerprint density at radius 3 is 3.50 bits per heavy atom. The summed E-state index contributed by atoms with van der Waals surface area (Å²) in [6.45, 7) is 0.577. The molecule has 1 N–H and O–H groups in total. The highest BCUT2D eigenvalue weighted by Crippen LogP contribution is 2.32. The van der Waals surface area contributed by atoms with Gasteiger partial charge in [-0.2, -0.15) is 0 Å². The third-order valence-corrected chi connectivity index (χ3v) is 2.38. The Morgan fingerprint density at radius 2 is 2.58 bits per heavy atom. The van der Waals surface area contributed by atoms with E-state index in [0.29, 0.717) is 6.67 Å². The van der Waals surface area contributed by atoms with Crippen molar-refractivity contribution in [1.82, 2.24) is 10.2 Å². The Bertz CT molecular complexity index is 308. The van der Waals surface area contributed by atoms with Crippen LogP contribution >= 0.6 is 0 Å². The van der Waals surface area contributed by atoms with Crippen molar-refractivity contribution >= 4 is 5.91 Å². The van der Waals surface area contributed by atoms with Crippen LogP contribution in [0.25, 0.3) is 0 Å². The fourth-order valence-electron chi connectivity index (χ4n) is 1.80. The molecule has 0 saturated carbocycles. The number of nitrogens with one attached hydrogen (secondary N) is 1. The van der Waals surface area contributed by atoms with Gasteiger partial charge in [-0.25, -0.2) is 0 Å². The number of hydrogen-bond donors (Lipinski definition) is 1. The largest absolute Gasteiger partial charge is 0.335 e. The fraction of sp³-hybridized carbons (Fsp3) is 0.375. The van der Waals surface area contributed by atoms with Crippen molar-refractivity contribution in [1.29, 1.82) is 0 Å². The molecule has 0 aromatic rings. The molecule has 0 aromatic heterocycles. The summed E-state index contributed by atoms with van der Waals surface area (Å²) in [5.74, 6) is -0.0290. The molecule has 0 radical (unpaired) electrons. The molecule has 4 heteroatoms. The van der Waals surface area contributed by atoms with Gasteiger partial charge in [-0.3, -0.25) is 4.79 Å². The molecule has 0 aromatic carbocycles. The van der Waals surface area contributed by atoms with Crippen molar-refractivity contribution in [2.75, 3.05) is 6.67 Å². The lowest BCUT2D eigenvalue weighted by Gasteiger charge is -2.12. The first-order valence-corrected chi connectivity index (χ1v) is 3.94. The van der Waals surface area contributed by atoms with E-state index in [1.165, 1.54) is 0 Å². The number of fused-ring (bicyclic) bond motifs is 3. The molecule has 1 aliphatic carbocycles. The van der Waals surface area contributed by atoms with Crippen molar-refractivity contribution in [3.63, 3.8) is 0 Å².